The number of hydrogen-bond acceptors (Lipinski definition) is 11. The molecule has 0 aliphatic heterocycles. The second-order valence-electron chi connectivity index (χ2n) is 11.7. The number of nitrogens with zero attached hydrogens (tertiary/aromatic N) is 2. The lowest BCUT2D eigenvalue weighted by molar-refractivity contribution is 0.102. The summed E-state index contributed by atoms with van der Waals surface area (Å²) in [5, 5.41) is 10.4. The van der Waals surface area contributed by atoms with Gasteiger partial charge in [-0.3, -0.25) is 14.3 Å². The predicted molar refractivity (Wildman–Crippen MR) is 232 cm³/mol. The highest BCUT2D eigenvalue weighted by atomic mass is 35.7. The van der Waals surface area contributed by atoms with E-state index < -0.39 is 60.1 Å². The van der Waals surface area contributed by atoms with E-state index in [-0.39, 0.29) is 63.8 Å². The van der Waals surface area contributed by atoms with Crippen LogP contribution in [0.1, 0.15) is 37.7 Å². The summed E-state index contributed by atoms with van der Waals surface area (Å²) in [5.74, 6) is -3.03. The highest BCUT2D eigenvalue weighted by molar-refractivity contribution is 8.13. The number of anilines is 2. The van der Waals surface area contributed by atoms with Gasteiger partial charge in [0.25, 0.3) is 19.1 Å². The number of nitrogens with two attached hydrogens (primary N) is 1. The molecule has 6 aromatic rings. The van der Waals surface area contributed by atoms with Gasteiger partial charge in [-0.1, -0.05) is 87.8 Å². The zero-order valence-corrected chi connectivity index (χ0v) is 37.4. The monoisotopic (exact) mass is 1010 g/mol. The Hall–Kier alpha value is -4.33. The summed E-state index contributed by atoms with van der Waals surface area (Å²) in [5.41, 5.74) is 4.42. The van der Waals surface area contributed by atoms with Crippen LogP contribution < -0.4 is 15.2 Å². The molecule has 0 unspecified atom stereocenters. The summed E-state index contributed by atoms with van der Waals surface area (Å²) >= 11 is 34.4. The summed E-state index contributed by atoms with van der Waals surface area (Å²) in [4.78, 5) is 32.7. The largest absolute Gasteiger partial charge is 0.496 e. The van der Waals surface area contributed by atoms with Crippen LogP contribution in [0.2, 0.25) is 30.1 Å². The van der Waals surface area contributed by atoms with E-state index in [1.165, 1.54) is 80.0 Å². The van der Waals surface area contributed by atoms with Crippen molar-refractivity contribution in [1.29, 1.82) is 0 Å². The number of methoxy groups -OCH3 is 1. The number of carbonyl (C=O) groups is 2. The maximum atomic E-state index is 14.3. The number of ether oxygens (including phenoxy) is 1. The van der Waals surface area contributed by atoms with Gasteiger partial charge >= 0.3 is 0 Å². The number of pyridine rings is 2. The van der Waals surface area contributed by atoms with Crippen LogP contribution in [-0.2, 0) is 25.7 Å². The number of aromatic nitrogens is 2. The van der Waals surface area contributed by atoms with E-state index in [1.807, 2.05) is 0 Å². The summed E-state index contributed by atoms with van der Waals surface area (Å²) in [7, 11) is -1.53. The molecular formula is C38H25Cl7F2N4O8S2. The Labute approximate surface area is 381 Å². The number of hydrogen-bond donors (Lipinski definition) is 3. The third-order valence-corrected chi connectivity index (χ3v) is 12.3. The molecule has 4 aromatic carbocycles. The normalized spacial score (nSPS) is 11.1. The van der Waals surface area contributed by atoms with E-state index in [2.05, 4.69) is 14.7 Å². The molecule has 0 radical (unpaired) electrons. The van der Waals surface area contributed by atoms with Gasteiger partial charge in [-0.05, 0) is 72.3 Å². The Morgan fingerprint density at radius 2 is 1.21 bits per heavy atom. The minimum absolute atomic E-state index is 0.0130. The third-order valence-electron chi connectivity index (χ3n) is 7.71. The number of sulfonamides is 1. The number of aliphatic hydroxyl groups is 1. The van der Waals surface area contributed by atoms with Gasteiger partial charge in [-0.25, -0.2) is 35.6 Å². The van der Waals surface area contributed by atoms with Crippen LogP contribution in [0.15, 0.2) is 107 Å². The topological polar surface area (TPSA) is 196 Å². The lowest BCUT2D eigenvalue weighted by Crippen LogP contribution is -2.18. The minimum Gasteiger partial charge on any atom is -0.496 e. The van der Waals surface area contributed by atoms with Gasteiger partial charge in [-0.2, -0.15) is 0 Å². The van der Waals surface area contributed by atoms with E-state index >= 15 is 0 Å². The Kier molecular flexibility index (Phi) is 17.1. The number of carbonyl (C=O) groups excluding carboxylic acids is 2. The molecule has 2 heterocycles. The standard InChI is InChI=1S/C19H12Cl3FN2O4S.C13H10ClFN2O2.C6H3Cl3O2S/c20-11-6-16(25-30(28,29)12-4-5-13(21)14(22)7-12)18(24-8-11)19(27)17-10(9-26)2-1-3-15(17)23;1-19-10-4-2-3-8(15)11(10)13(18)12-9(16)5-7(14)6-17-12;7-5-2-1-4(3-6(5)8)12(9,10)11/h1-8,25-26H,9H2;2-6H,16H2,1H3;1-3H. The van der Waals surface area contributed by atoms with Gasteiger partial charge in [0.1, 0.15) is 34.3 Å². The molecular weight excluding hydrogens is 991 g/mol. The SMILES string of the molecule is COc1cccc(F)c1C(=O)c1ncc(Cl)cc1N.O=C(c1ncc(Cl)cc1NS(=O)(=O)c1ccc(Cl)c(Cl)c1)c1c(F)cccc1CO.O=S(=O)(Cl)c1ccc(Cl)c(Cl)c1. The van der Waals surface area contributed by atoms with Crippen molar-refractivity contribution in [1.82, 2.24) is 9.97 Å². The first-order chi connectivity index (χ1) is 28.6. The second kappa shape index (κ2) is 21.2. The Morgan fingerprint density at radius 3 is 1.75 bits per heavy atom. The van der Waals surface area contributed by atoms with Crippen molar-refractivity contribution in [3.63, 3.8) is 0 Å². The molecule has 0 saturated carbocycles. The maximum Gasteiger partial charge on any atom is 0.262 e. The van der Waals surface area contributed by atoms with Crippen LogP contribution in [0.5, 0.6) is 5.75 Å². The molecule has 12 nitrogen and oxygen atoms in total. The molecule has 0 aliphatic carbocycles. The number of nitrogens with one attached hydrogen (secondary N) is 1. The number of ketones is 2. The summed E-state index contributed by atoms with van der Waals surface area (Å²) in [6.07, 6.45) is 2.39. The molecule has 0 atom stereocenters. The zero-order chi connectivity index (χ0) is 45.4. The average molecular weight is 1020 g/mol. The molecule has 23 heteroatoms. The Morgan fingerprint density at radius 1 is 0.705 bits per heavy atom. The molecule has 6 rings (SSSR count). The average Bonchev–Trinajstić information content (AvgIpc) is 3.19. The first-order valence-electron chi connectivity index (χ1n) is 16.3. The fourth-order valence-electron chi connectivity index (χ4n) is 4.91. The van der Waals surface area contributed by atoms with Crippen molar-refractivity contribution in [2.75, 3.05) is 17.6 Å². The zero-order valence-electron chi connectivity index (χ0n) is 30.4. The van der Waals surface area contributed by atoms with Crippen molar-refractivity contribution < 1.29 is 45.0 Å². The smallest absolute Gasteiger partial charge is 0.262 e. The second-order valence-corrected chi connectivity index (χ2v) is 18.5. The molecule has 61 heavy (non-hydrogen) atoms. The van der Waals surface area contributed by atoms with Crippen LogP contribution in [0, 0.1) is 11.6 Å². The fraction of sp³-hybridized carbons (Fsp3) is 0.0526. The lowest BCUT2D eigenvalue weighted by Gasteiger charge is -2.14. The fourth-order valence-corrected chi connectivity index (χ4v) is 7.82. The van der Waals surface area contributed by atoms with Crippen LogP contribution in [-0.4, -0.2) is 50.6 Å². The van der Waals surface area contributed by atoms with E-state index in [9.17, 15) is 40.3 Å². The number of benzene rings is 4. The van der Waals surface area contributed by atoms with Crippen LogP contribution in [0.3, 0.4) is 0 Å². The number of halogens is 9. The number of rotatable bonds is 10. The van der Waals surface area contributed by atoms with E-state index in [4.69, 9.17) is 90.8 Å². The van der Waals surface area contributed by atoms with Gasteiger partial charge in [0.2, 0.25) is 11.6 Å². The first kappa shape index (κ1) is 49.3. The molecule has 0 spiro atoms. The van der Waals surface area contributed by atoms with Crippen molar-refractivity contribution in [3.8, 4) is 5.75 Å². The highest BCUT2D eigenvalue weighted by Crippen LogP contribution is 2.31. The molecule has 0 saturated heterocycles. The molecule has 0 bridgehead atoms. The van der Waals surface area contributed by atoms with Gasteiger partial charge in [0.05, 0.1) is 70.6 Å². The van der Waals surface area contributed by atoms with Crippen molar-refractivity contribution >= 4 is 122 Å². The van der Waals surface area contributed by atoms with Gasteiger partial charge in [0, 0.05) is 23.1 Å². The van der Waals surface area contributed by atoms with E-state index in [1.54, 1.807) is 0 Å². The maximum absolute atomic E-state index is 14.3. The molecule has 320 valence electrons. The Balaban J connectivity index is 0.000000224. The van der Waals surface area contributed by atoms with Crippen LogP contribution in [0.25, 0.3) is 0 Å². The van der Waals surface area contributed by atoms with Gasteiger partial charge < -0.3 is 15.6 Å². The van der Waals surface area contributed by atoms with Crippen molar-refractivity contribution in [3.05, 3.63) is 167 Å². The van der Waals surface area contributed by atoms with Crippen molar-refractivity contribution in [2.45, 2.75) is 16.4 Å². The highest BCUT2D eigenvalue weighted by Gasteiger charge is 2.26. The molecule has 0 aliphatic rings. The van der Waals surface area contributed by atoms with Gasteiger partial charge in [-0.15, -0.1) is 0 Å². The summed E-state index contributed by atoms with van der Waals surface area (Å²) in [6, 6.07) is 17.9. The lowest BCUT2D eigenvalue weighted by atomic mass is 10.0. The van der Waals surface area contributed by atoms with Crippen LogP contribution in [0.4, 0.5) is 20.2 Å². The van der Waals surface area contributed by atoms with Gasteiger partial charge in [0.15, 0.2) is 0 Å². The number of nitrogen functional groups attached to an aromatic ring is 1. The first-order valence-corrected chi connectivity index (χ1v) is 22.4. The van der Waals surface area contributed by atoms with Crippen molar-refractivity contribution in [2.24, 2.45) is 0 Å². The molecule has 0 amide bonds. The third kappa shape index (κ3) is 12.6. The summed E-state index contributed by atoms with van der Waals surface area (Å²) < 4.78 is 82.4. The van der Waals surface area contributed by atoms with E-state index in [0.29, 0.717) is 10.0 Å². The van der Waals surface area contributed by atoms with E-state index in [0.717, 1.165) is 24.4 Å². The molecule has 2 aromatic heterocycles. The Bertz CT molecular complexity index is 2880. The minimum atomic E-state index is -4.22. The molecule has 0 fully saturated rings. The summed E-state index contributed by atoms with van der Waals surface area (Å²) in [6.45, 7) is -0.600. The predicted octanol–water partition coefficient (Wildman–Crippen LogP) is 10.3. The van der Waals surface area contributed by atoms with Crippen LogP contribution >= 0.6 is 80.3 Å². The molecule has 4 N–H and O–H groups in total. The quantitative estimate of drug-likeness (QED) is 0.0873. The number of aliphatic hydroxyl groups excluding tert-OH is 1.